The highest BCUT2D eigenvalue weighted by atomic mass is 32.2. The SMILES string of the molecule is COCCc1nc(S(=O)(=O)NCCC2(O)CCCC2)n[nH]1. The van der Waals surface area contributed by atoms with E-state index < -0.39 is 15.6 Å². The van der Waals surface area contributed by atoms with E-state index >= 15 is 0 Å². The quantitative estimate of drug-likeness (QED) is 0.619. The molecule has 21 heavy (non-hydrogen) atoms. The van der Waals surface area contributed by atoms with Gasteiger partial charge in [-0.1, -0.05) is 12.8 Å². The minimum Gasteiger partial charge on any atom is -0.390 e. The molecule has 0 unspecified atom stereocenters. The average Bonchev–Trinajstić information content (AvgIpc) is 3.06. The molecule has 9 heteroatoms. The standard InChI is InChI=1S/C12H22N4O4S/c1-20-9-4-10-14-11(16-15-10)21(18,19)13-8-7-12(17)5-2-3-6-12/h13,17H,2-9H2,1H3,(H,14,15,16). The third kappa shape index (κ3) is 4.47. The van der Waals surface area contributed by atoms with Gasteiger partial charge in [0.1, 0.15) is 5.82 Å². The van der Waals surface area contributed by atoms with Gasteiger partial charge in [-0.25, -0.2) is 18.1 Å². The molecule has 0 saturated heterocycles. The molecule has 1 fully saturated rings. The molecule has 2 rings (SSSR count). The van der Waals surface area contributed by atoms with Crippen LogP contribution in [-0.4, -0.2) is 54.6 Å². The number of hydrogen-bond donors (Lipinski definition) is 3. The van der Waals surface area contributed by atoms with Crippen LogP contribution in [0.3, 0.4) is 0 Å². The van der Waals surface area contributed by atoms with E-state index in [9.17, 15) is 13.5 Å². The van der Waals surface area contributed by atoms with Crippen LogP contribution >= 0.6 is 0 Å². The molecule has 1 aliphatic rings. The number of hydrogen-bond acceptors (Lipinski definition) is 6. The molecule has 120 valence electrons. The maximum absolute atomic E-state index is 12.0. The Morgan fingerprint density at radius 3 is 2.81 bits per heavy atom. The van der Waals surface area contributed by atoms with Crippen LogP contribution in [0.25, 0.3) is 0 Å². The zero-order valence-electron chi connectivity index (χ0n) is 12.1. The molecule has 0 atom stereocenters. The van der Waals surface area contributed by atoms with Crippen molar-refractivity contribution in [2.75, 3.05) is 20.3 Å². The Morgan fingerprint density at radius 2 is 2.14 bits per heavy atom. The molecule has 1 saturated carbocycles. The Balaban J connectivity index is 1.87. The molecular weight excluding hydrogens is 296 g/mol. The Kier molecular flexibility index (Phi) is 5.31. The van der Waals surface area contributed by atoms with Gasteiger partial charge in [0, 0.05) is 20.1 Å². The first-order valence-electron chi connectivity index (χ1n) is 7.07. The lowest BCUT2D eigenvalue weighted by Gasteiger charge is -2.21. The van der Waals surface area contributed by atoms with E-state index in [0.717, 1.165) is 25.7 Å². The van der Waals surface area contributed by atoms with Crippen molar-refractivity contribution in [3.63, 3.8) is 0 Å². The highest BCUT2D eigenvalue weighted by Gasteiger charge is 2.31. The number of aromatic amines is 1. The number of rotatable bonds is 8. The van der Waals surface area contributed by atoms with Crippen LogP contribution in [0, 0.1) is 0 Å². The number of methoxy groups -OCH3 is 1. The van der Waals surface area contributed by atoms with Crippen LogP contribution in [0.4, 0.5) is 0 Å². The van der Waals surface area contributed by atoms with Crippen molar-refractivity contribution < 1.29 is 18.3 Å². The summed E-state index contributed by atoms with van der Waals surface area (Å²) in [6.07, 6.45) is 4.33. The van der Waals surface area contributed by atoms with Crippen LogP contribution in [0.1, 0.15) is 37.9 Å². The minimum atomic E-state index is -3.74. The van der Waals surface area contributed by atoms with Crippen molar-refractivity contribution in [2.24, 2.45) is 0 Å². The molecule has 1 aromatic rings. The third-order valence-corrected chi connectivity index (χ3v) is 4.96. The van der Waals surface area contributed by atoms with Crippen molar-refractivity contribution in [1.29, 1.82) is 0 Å². The van der Waals surface area contributed by atoms with E-state index in [-0.39, 0.29) is 11.7 Å². The summed E-state index contributed by atoms with van der Waals surface area (Å²) in [5, 5.41) is 16.2. The van der Waals surface area contributed by atoms with Crippen LogP contribution in [0.2, 0.25) is 0 Å². The van der Waals surface area contributed by atoms with Gasteiger partial charge in [-0.2, -0.15) is 0 Å². The van der Waals surface area contributed by atoms with E-state index in [1.807, 2.05) is 0 Å². The lowest BCUT2D eigenvalue weighted by molar-refractivity contribution is 0.0405. The van der Waals surface area contributed by atoms with Gasteiger partial charge in [0.2, 0.25) is 0 Å². The predicted molar refractivity (Wildman–Crippen MR) is 75.2 cm³/mol. The van der Waals surface area contributed by atoms with E-state index in [2.05, 4.69) is 19.9 Å². The molecule has 1 heterocycles. The second-order valence-electron chi connectivity index (χ2n) is 5.39. The molecule has 0 spiro atoms. The summed E-state index contributed by atoms with van der Waals surface area (Å²) in [4.78, 5) is 3.93. The van der Waals surface area contributed by atoms with Crippen LogP contribution in [0.5, 0.6) is 0 Å². The normalized spacial score (nSPS) is 18.2. The summed E-state index contributed by atoms with van der Waals surface area (Å²) in [5.41, 5.74) is -0.731. The fourth-order valence-electron chi connectivity index (χ4n) is 2.47. The number of nitrogens with one attached hydrogen (secondary N) is 2. The van der Waals surface area contributed by atoms with Gasteiger partial charge in [-0.15, -0.1) is 5.10 Å². The maximum atomic E-state index is 12.0. The molecule has 0 amide bonds. The number of aliphatic hydroxyl groups is 1. The molecule has 0 bridgehead atoms. The number of nitrogens with zero attached hydrogens (tertiary/aromatic N) is 2. The van der Waals surface area contributed by atoms with Crippen LogP contribution < -0.4 is 4.72 Å². The first kappa shape index (κ1) is 16.3. The Morgan fingerprint density at radius 1 is 1.43 bits per heavy atom. The largest absolute Gasteiger partial charge is 0.390 e. The first-order chi connectivity index (χ1) is 9.95. The van der Waals surface area contributed by atoms with Gasteiger partial charge in [0.25, 0.3) is 15.2 Å². The van der Waals surface area contributed by atoms with Gasteiger partial charge in [-0.3, -0.25) is 5.10 Å². The van der Waals surface area contributed by atoms with Crippen LogP contribution in [0.15, 0.2) is 5.16 Å². The Labute approximate surface area is 124 Å². The van der Waals surface area contributed by atoms with E-state index in [1.165, 1.54) is 0 Å². The predicted octanol–water partition coefficient (Wildman–Crippen LogP) is -0.0329. The average molecular weight is 318 g/mol. The number of aromatic nitrogens is 3. The highest BCUT2D eigenvalue weighted by molar-refractivity contribution is 7.89. The molecule has 1 aromatic heterocycles. The summed E-state index contributed by atoms with van der Waals surface area (Å²) < 4.78 is 31.4. The molecule has 8 nitrogen and oxygen atoms in total. The van der Waals surface area contributed by atoms with Crippen molar-refractivity contribution >= 4 is 10.0 Å². The highest BCUT2D eigenvalue weighted by Crippen LogP contribution is 2.31. The van der Waals surface area contributed by atoms with Gasteiger partial charge in [0.05, 0.1) is 12.2 Å². The smallest absolute Gasteiger partial charge is 0.282 e. The summed E-state index contributed by atoms with van der Waals surface area (Å²) in [5.74, 6) is 0.464. The summed E-state index contributed by atoms with van der Waals surface area (Å²) >= 11 is 0. The van der Waals surface area contributed by atoms with Crippen molar-refractivity contribution in [2.45, 2.75) is 49.3 Å². The molecular formula is C12H22N4O4S. The zero-order chi connectivity index (χ0) is 15.3. The molecule has 3 N–H and O–H groups in total. The second kappa shape index (κ2) is 6.82. The van der Waals surface area contributed by atoms with Gasteiger partial charge >= 0.3 is 0 Å². The number of ether oxygens (including phenoxy) is 1. The van der Waals surface area contributed by atoms with Crippen molar-refractivity contribution in [1.82, 2.24) is 19.9 Å². The van der Waals surface area contributed by atoms with Crippen LogP contribution in [-0.2, 0) is 21.2 Å². The number of sulfonamides is 1. The first-order valence-corrected chi connectivity index (χ1v) is 8.56. The fourth-order valence-corrected chi connectivity index (χ4v) is 3.37. The Hall–Kier alpha value is -1.03. The second-order valence-corrected chi connectivity index (χ2v) is 7.05. The molecule has 0 radical (unpaired) electrons. The molecule has 0 aliphatic heterocycles. The van der Waals surface area contributed by atoms with E-state index in [4.69, 9.17) is 4.74 Å². The van der Waals surface area contributed by atoms with Gasteiger partial charge in [-0.05, 0) is 19.3 Å². The van der Waals surface area contributed by atoms with Gasteiger partial charge in [0.15, 0.2) is 0 Å². The molecule has 0 aromatic carbocycles. The Bertz CT molecular complexity index is 551. The minimum absolute atomic E-state index is 0.181. The monoisotopic (exact) mass is 318 g/mol. The van der Waals surface area contributed by atoms with Crippen molar-refractivity contribution in [3.8, 4) is 0 Å². The number of H-pyrrole nitrogens is 1. The maximum Gasteiger partial charge on any atom is 0.282 e. The lowest BCUT2D eigenvalue weighted by atomic mass is 9.98. The van der Waals surface area contributed by atoms with E-state index in [1.54, 1.807) is 7.11 Å². The summed E-state index contributed by atoms with van der Waals surface area (Å²) in [6.45, 7) is 0.621. The topological polar surface area (TPSA) is 117 Å². The van der Waals surface area contributed by atoms with E-state index in [0.29, 0.717) is 25.3 Å². The lowest BCUT2D eigenvalue weighted by Crippen LogP contribution is -2.33. The molecule has 1 aliphatic carbocycles. The fraction of sp³-hybridized carbons (Fsp3) is 0.833. The third-order valence-electron chi connectivity index (χ3n) is 3.71. The summed E-state index contributed by atoms with van der Waals surface area (Å²) in [7, 11) is -2.18. The zero-order valence-corrected chi connectivity index (χ0v) is 12.9. The van der Waals surface area contributed by atoms with Crippen molar-refractivity contribution in [3.05, 3.63) is 5.82 Å². The van der Waals surface area contributed by atoms with Gasteiger partial charge < -0.3 is 9.84 Å². The summed E-state index contributed by atoms with van der Waals surface area (Å²) in [6, 6.07) is 0.